The van der Waals surface area contributed by atoms with E-state index in [1.165, 1.54) is 23.7 Å². The fourth-order valence-electron chi connectivity index (χ4n) is 2.64. The fourth-order valence-corrected chi connectivity index (χ4v) is 3.68. The predicted octanol–water partition coefficient (Wildman–Crippen LogP) is 3.34. The molecule has 8 nitrogen and oxygen atoms in total. The largest absolute Gasteiger partial charge is 0.497 e. The average Bonchev–Trinajstić information content (AvgIpc) is 3.08. The summed E-state index contributed by atoms with van der Waals surface area (Å²) in [6.07, 6.45) is 4.43. The average molecular weight is 412 g/mol. The van der Waals surface area contributed by atoms with Crippen LogP contribution in [0.4, 0.5) is 5.82 Å². The SMILES string of the molecule is CCOC(=O)c1sc2ncnc(NNC(=O)/C=C/c3cccc(OC)c3)c2c1C. The van der Waals surface area contributed by atoms with Crippen LogP contribution in [0.25, 0.3) is 16.3 Å². The topological polar surface area (TPSA) is 102 Å². The molecule has 0 spiro atoms. The molecule has 2 N–H and O–H groups in total. The summed E-state index contributed by atoms with van der Waals surface area (Å²) < 4.78 is 10.2. The van der Waals surface area contributed by atoms with Crippen molar-refractivity contribution in [2.24, 2.45) is 0 Å². The van der Waals surface area contributed by atoms with Gasteiger partial charge in [0.1, 0.15) is 21.8 Å². The second kappa shape index (κ2) is 9.16. The molecule has 2 heterocycles. The van der Waals surface area contributed by atoms with Crippen molar-refractivity contribution in [3.05, 3.63) is 52.7 Å². The summed E-state index contributed by atoms with van der Waals surface area (Å²) >= 11 is 1.23. The maximum absolute atomic E-state index is 12.2. The van der Waals surface area contributed by atoms with Gasteiger partial charge in [0.05, 0.1) is 19.1 Å². The van der Waals surface area contributed by atoms with Gasteiger partial charge in [0, 0.05) is 6.08 Å². The fraction of sp³-hybridized carbons (Fsp3) is 0.200. The van der Waals surface area contributed by atoms with Crippen molar-refractivity contribution in [3.8, 4) is 5.75 Å². The number of anilines is 1. The molecule has 29 heavy (non-hydrogen) atoms. The zero-order valence-corrected chi connectivity index (χ0v) is 17.0. The Morgan fingerprint density at radius 2 is 2.10 bits per heavy atom. The lowest BCUT2D eigenvalue weighted by Crippen LogP contribution is -2.28. The number of nitrogens with zero attached hydrogens (tertiary/aromatic N) is 2. The van der Waals surface area contributed by atoms with Gasteiger partial charge in [0.15, 0.2) is 5.82 Å². The Hall–Kier alpha value is -3.46. The summed E-state index contributed by atoms with van der Waals surface area (Å²) in [6, 6.07) is 7.34. The quantitative estimate of drug-likeness (QED) is 0.348. The standard InChI is InChI=1S/C20H20N4O4S/c1-4-28-20(26)17-12(2)16-18(21-11-22-19(16)29-17)24-23-15(25)9-8-13-6-5-7-14(10-13)27-3/h5-11H,4H2,1-3H3,(H,23,25)(H,21,22,24)/b9-8+. The first-order valence-corrected chi connectivity index (χ1v) is 9.64. The molecule has 0 aliphatic carbocycles. The van der Waals surface area contributed by atoms with Crippen molar-refractivity contribution in [2.45, 2.75) is 13.8 Å². The highest BCUT2D eigenvalue weighted by Gasteiger charge is 2.20. The Labute approximate surface area is 171 Å². The van der Waals surface area contributed by atoms with Crippen LogP contribution in [-0.4, -0.2) is 35.6 Å². The zero-order chi connectivity index (χ0) is 20.8. The lowest BCUT2D eigenvalue weighted by molar-refractivity contribution is -0.116. The van der Waals surface area contributed by atoms with Gasteiger partial charge in [-0.3, -0.25) is 15.6 Å². The molecule has 3 aromatic rings. The summed E-state index contributed by atoms with van der Waals surface area (Å²) in [6.45, 7) is 3.84. The Morgan fingerprint density at radius 1 is 1.28 bits per heavy atom. The van der Waals surface area contributed by atoms with Crippen molar-refractivity contribution in [1.82, 2.24) is 15.4 Å². The number of hydrogen-bond acceptors (Lipinski definition) is 8. The highest BCUT2D eigenvalue weighted by molar-refractivity contribution is 7.20. The van der Waals surface area contributed by atoms with Crippen molar-refractivity contribution in [1.29, 1.82) is 0 Å². The van der Waals surface area contributed by atoms with E-state index in [1.54, 1.807) is 27.0 Å². The van der Waals surface area contributed by atoms with Crippen LogP contribution in [-0.2, 0) is 9.53 Å². The van der Waals surface area contributed by atoms with Crippen molar-refractivity contribution in [3.63, 3.8) is 0 Å². The monoisotopic (exact) mass is 412 g/mol. The van der Waals surface area contributed by atoms with E-state index >= 15 is 0 Å². The number of fused-ring (bicyclic) bond motifs is 1. The third-order valence-electron chi connectivity index (χ3n) is 4.01. The van der Waals surface area contributed by atoms with E-state index in [0.29, 0.717) is 38.8 Å². The van der Waals surface area contributed by atoms with Gasteiger partial charge in [-0.1, -0.05) is 12.1 Å². The number of thiophene rings is 1. The van der Waals surface area contributed by atoms with Crippen molar-refractivity contribution >= 4 is 45.3 Å². The number of esters is 1. The number of ether oxygens (including phenoxy) is 2. The summed E-state index contributed by atoms with van der Waals surface area (Å²) in [5.74, 6) is 0.351. The van der Waals surface area contributed by atoms with E-state index in [-0.39, 0.29) is 5.91 Å². The molecule has 0 aliphatic heterocycles. The van der Waals surface area contributed by atoms with Crippen molar-refractivity contribution in [2.75, 3.05) is 19.1 Å². The molecule has 0 saturated carbocycles. The van der Waals surface area contributed by atoms with Gasteiger partial charge in [0.25, 0.3) is 5.91 Å². The number of carbonyl (C=O) groups excluding carboxylic acids is 2. The maximum Gasteiger partial charge on any atom is 0.348 e. The minimum atomic E-state index is -0.399. The highest BCUT2D eigenvalue weighted by Crippen LogP contribution is 2.33. The van der Waals surface area contributed by atoms with Gasteiger partial charge in [-0.15, -0.1) is 11.3 Å². The Bertz CT molecular complexity index is 1080. The normalized spacial score (nSPS) is 10.9. The number of carbonyl (C=O) groups is 2. The van der Waals surface area contributed by atoms with Crippen LogP contribution in [0.5, 0.6) is 5.75 Å². The Balaban J connectivity index is 1.73. The van der Waals surface area contributed by atoms with E-state index in [9.17, 15) is 9.59 Å². The van der Waals surface area contributed by atoms with Gasteiger partial charge >= 0.3 is 5.97 Å². The molecule has 1 amide bonds. The lowest BCUT2D eigenvalue weighted by Gasteiger charge is -2.07. The number of nitrogens with one attached hydrogen (secondary N) is 2. The molecule has 0 saturated heterocycles. The molecule has 150 valence electrons. The van der Waals surface area contributed by atoms with Gasteiger partial charge in [-0.2, -0.15) is 0 Å². The molecule has 0 atom stereocenters. The minimum Gasteiger partial charge on any atom is -0.497 e. The molecule has 0 unspecified atom stereocenters. The zero-order valence-electron chi connectivity index (χ0n) is 16.2. The smallest absolute Gasteiger partial charge is 0.348 e. The van der Waals surface area contributed by atoms with Crippen LogP contribution in [0.1, 0.15) is 27.7 Å². The second-order valence-electron chi connectivity index (χ2n) is 5.90. The molecule has 3 rings (SSSR count). The summed E-state index contributed by atoms with van der Waals surface area (Å²) in [7, 11) is 1.59. The van der Waals surface area contributed by atoms with E-state index in [2.05, 4.69) is 20.8 Å². The van der Waals surface area contributed by atoms with Crippen LogP contribution in [0, 0.1) is 6.92 Å². The Kier molecular flexibility index (Phi) is 6.40. The first kappa shape index (κ1) is 20.3. The number of aryl methyl sites for hydroxylation is 1. The van der Waals surface area contributed by atoms with E-state index < -0.39 is 5.97 Å². The van der Waals surface area contributed by atoms with Crippen LogP contribution in [0.3, 0.4) is 0 Å². The minimum absolute atomic E-state index is 0.291. The van der Waals surface area contributed by atoms with Gasteiger partial charge in [0.2, 0.25) is 0 Å². The summed E-state index contributed by atoms with van der Waals surface area (Å²) in [4.78, 5) is 33.7. The van der Waals surface area contributed by atoms with E-state index in [1.807, 2.05) is 24.3 Å². The molecule has 9 heteroatoms. The Morgan fingerprint density at radius 3 is 2.86 bits per heavy atom. The van der Waals surface area contributed by atoms with Gasteiger partial charge < -0.3 is 9.47 Å². The summed E-state index contributed by atoms with van der Waals surface area (Å²) in [5, 5.41) is 0.664. The molecular weight excluding hydrogens is 392 g/mol. The highest BCUT2D eigenvalue weighted by atomic mass is 32.1. The summed E-state index contributed by atoms with van der Waals surface area (Å²) in [5.41, 5.74) is 6.90. The van der Waals surface area contributed by atoms with Crippen LogP contribution >= 0.6 is 11.3 Å². The molecule has 1 aromatic carbocycles. The second-order valence-corrected chi connectivity index (χ2v) is 6.90. The number of benzene rings is 1. The van der Waals surface area contributed by atoms with Crippen LogP contribution in [0.2, 0.25) is 0 Å². The number of amides is 1. The molecule has 0 fully saturated rings. The number of hydrazine groups is 1. The third-order valence-corrected chi connectivity index (χ3v) is 5.19. The molecular formula is C20H20N4O4S. The lowest BCUT2D eigenvalue weighted by atomic mass is 10.2. The number of rotatable bonds is 7. The number of methoxy groups -OCH3 is 1. The van der Waals surface area contributed by atoms with Crippen LogP contribution < -0.4 is 15.6 Å². The maximum atomic E-state index is 12.2. The molecule has 0 aliphatic rings. The van der Waals surface area contributed by atoms with Gasteiger partial charge in [-0.05, 0) is 43.2 Å². The van der Waals surface area contributed by atoms with Gasteiger partial charge in [-0.25, -0.2) is 14.8 Å². The first-order chi connectivity index (χ1) is 14.0. The van der Waals surface area contributed by atoms with E-state index in [4.69, 9.17) is 9.47 Å². The van der Waals surface area contributed by atoms with E-state index in [0.717, 1.165) is 5.56 Å². The molecule has 2 aromatic heterocycles. The number of aromatic nitrogens is 2. The number of hydrogen-bond donors (Lipinski definition) is 2. The predicted molar refractivity (Wildman–Crippen MR) is 112 cm³/mol. The molecule has 0 bridgehead atoms. The third kappa shape index (κ3) is 4.69. The molecule has 0 radical (unpaired) electrons. The van der Waals surface area contributed by atoms with Crippen molar-refractivity contribution < 1.29 is 19.1 Å². The van der Waals surface area contributed by atoms with Crippen LogP contribution in [0.15, 0.2) is 36.7 Å². The first-order valence-electron chi connectivity index (χ1n) is 8.82.